The average molecular weight is 595 g/mol. The summed E-state index contributed by atoms with van der Waals surface area (Å²) in [5.41, 5.74) is -0.539. The van der Waals surface area contributed by atoms with Crippen molar-refractivity contribution in [2.75, 3.05) is 37.7 Å². The molecular weight excluding hydrogens is 552 g/mol. The predicted octanol–water partition coefficient (Wildman–Crippen LogP) is 3.42. The van der Waals surface area contributed by atoms with E-state index in [-0.39, 0.29) is 55.9 Å². The summed E-state index contributed by atoms with van der Waals surface area (Å²) >= 11 is 5.85. The van der Waals surface area contributed by atoms with Crippen molar-refractivity contribution in [3.63, 3.8) is 0 Å². The molecule has 41 heavy (non-hydrogen) atoms. The van der Waals surface area contributed by atoms with Gasteiger partial charge in [-0.25, -0.2) is 4.79 Å². The number of halogens is 1. The summed E-state index contributed by atoms with van der Waals surface area (Å²) in [5.74, 6) is -0.291. The number of carbonyl (C=O) groups is 4. The molecule has 2 N–H and O–H groups in total. The zero-order chi connectivity index (χ0) is 30.5. The third-order valence-corrected chi connectivity index (χ3v) is 7.62. The minimum absolute atomic E-state index is 0.0903. The summed E-state index contributed by atoms with van der Waals surface area (Å²) in [6.07, 6.45) is 1.33. The van der Waals surface area contributed by atoms with Gasteiger partial charge < -0.3 is 34.6 Å². The summed E-state index contributed by atoms with van der Waals surface area (Å²) in [7, 11) is 0. The van der Waals surface area contributed by atoms with E-state index in [4.69, 9.17) is 21.1 Å². The van der Waals surface area contributed by atoms with E-state index in [1.165, 1.54) is 4.90 Å². The number of piperidine rings is 1. The van der Waals surface area contributed by atoms with Gasteiger partial charge in [-0.1, -0.05) is 18.5 Å². The molecule has 1 fully saturated rings. The van der Waals surface area contributed by atoms with E-state index in [2.05, 4.69) is 5.32 Å². The summed E-state index contributed by atoms with van der Waals surface area (Å²) in [4.78, 5) is 57.0. The van der Waals surface area contributed by atoms with Gasteiger partial charge in [-0.2, -0.15) is 0 Å². The van der Waals surface area contributed by atoms with Crippen molar-refractivity contribution in [1.29, 1.82) is 0 Å². The number of benzene rings is 1. The van der Waals surface area contributed by atoms with Crippen LogP contribution in [0.3, 0.4) is 0 Å². The molecule has 0 aromatic heterocycles. The van der Waals surface area contributed by atoms with Crippen LogP contribution in [0.4, 0.5) is 10.5 Å². The van der Waals surface area contributed by atoms with Gasteiger partial charge in [-0.15, -0.1) is 0 Å². The smallest absolute Gasteiger partial charge is 0.411 e. The molecule has 0 bridgehead atoms. The molecule has 3 atom stereocenters. The maximum atomic E-state index is 14.1. The van der Waals surface area contributed by atoms with Crippen molar-refractivity contribution in [1.82, 2.24) is 15.1 Å². The Kier molecular flexibility index (Phi) is 10.9. The van der Waals surface area contributed by atoms with Crippen LogP contribution in [0.15, 0.2) is 12.1 Å². The molecule has 228 valence electrons. The maximum Gasteiger partial charge on any atom is 0.411 e. The lowest BCUT2D eigenvalue weighted by Gasteiger charge is -2.42. The first-order valence-corrected chi connectivity index (χ1v) is 14.7. The zero-order valence-corrected chi connectivity index (χ0v) is 25.6. The summed E-state index contributed by atoms with van der Waals surface area (Å²) in [6.45, 7) is 11.6. The summed E-state index contributed by atoms with van der Waals surface area (Å²) in [6, 6.07) is 3.00. The van der Waals surface area contributed by atoms with Crippen molar-refractivity contribution >= 4 is 41.1 Å². The molecule has 0 saturated carbocycles. The van der Waals surface area contributed by atoms with Gasteiger partial charge in [0.05, 0.1) is 11.7 Å². The highest BCUT2D eigenvalue weighted by molar-refractivity contribution is 6.19. The van der Waals surface area contributed by atoms with Gasteiger partial charge in [0.2, 0.25) is 5.91 Å². The van der Waals surface area contributed by atoms with Gasteiger partial charge in [0.15, 0.2) is 11.2 Å². The Hall–Kier alpha value is -3.05. The van der Waals surface area contributed by atoms with Crippen molar-refractivity contribution in [2.24, 2.45) is 0 Å². The first-order valence-electron chi connectivity index (χ1n) is 14.3. The highest BCUT2D eigenvalue weighted by Gasteiger charge is 2.45. The molecule has 12 heteroatoms. The van der Waals surface area contributed by atoms with E-state index in [9.17, 15) is 24.3 Å². The molecule has 2 aliphatic rings. The van der Waals surface area contributed by atoms with Crippen LogP contribution in [0.25, 0.3) is 0 Å². The number of anilines is 1. The SMILES string of the molecule is CCC(=O)NCCN1C(=O)C(C)(CCO)Oc2cc(C)c(C(=O)N(C(C)C)[C@@H]3CCCN(C(=O)OC(C)Cl)C3)cc21. The molecule has 2 aliphatic heterocycles. The normalized spacial score (nSPS) is 21.2. The molecule has 0 spiro atoms. The topological polar surface area (TPSA) is 129 Å². The number of nitrogens with zero attached hydrogens (tertiary/aromatic N) is 3. The van der Waals surface area contributed by atoms with Gasteiger partial charge in [-0.3, -0.25) is 14.4 Å². The van der Waals surface area contributed by atoms with Gasteiger partial charge in [0.1, 0.15) is 5.75 Å². The highest BCUT2D eigenvalue weighted by Crippen LogP contribution is 2.41. The number of aryl methyl sites for hydroxylation is 1. The fourth-order valence-corrected chi connectivity index (χ4v) is 5.50. The van der Waals surface area contributed by atoms with Gasteiger partial charge in [-0.05, 0) is 65.2 Å². The van der Waals surface area contributed by atoms with Crippen LogP contribution >= 0.6 is 11.6 Å². The van der Waals surface area contributed by atoms with Crippen molar-refractivity contribution in [3.05, 3.63) is 23.3 Å². The van der Waals surface area contributed by atoms with Crippen LogP contribution in [0.1, 0.15) is 76.2 Å². The number of amides is 4. The number of nitrogens with one attached hydrogen (secondary N) is 1. The molecule has 0 radical (unpaired) electrons. The average Bonchev–Trinajstić information content (AvgIpc) is 2.90. The van der Waals surface area contributed by atoms with E-state index in [0.717, 1.165) is 6.42 Å². The Balaban J connectivity index is 1.96. The highest BCUT2D eigenvalue weighted by atomic mass is 35.5. The minimum Gasteiger partial charge on any atom is -0.475 e. The minimum atomic E-state index is -1.29. The fourth-order valence-electron chi connectivity index (χ4n) is 5.42. The maximum absolute atomic E-state index is 14.1. The number of aliphatic hydroxyl groups is 1. The molecule has 1 aromatic rings. The first kappa shape index (κ1) is 32.5. The molecule has 4 amide bonds. The number of carbonyl (C=O) groups excluding carboxylic acids is 4. The Bertz CT molecular complexity index is 1140. The Morgan fingerprint density at radius 2 is 2.00 bits per heavy atom. The monoisotopic (exact) mass is 594 g/mol. The number of hydrogen-bond acceptors (Lipinski definition) is 7. The van der Waals surface area contributed by atoms with Crippen LogP contribution < -0.4 is 15.0 Å². The second kappa shape index (κ2) is 13.7. The van der Waals surface area contributed by atoms with E-state index in [1.54, 1.807) is 42.7 Å². The number of alkyl halides is 1. The molecule has 2 heterocycles. The summed E-state index contributed by atoms with van der Waals surface area (Å²) < 4.78 is 11.3. The van der Waals surface area contributed by atoms with Gasteiger partial charge >= 0.3 is 6.09 Å². The third-order valence-electron chi connectivity index (χ3n) is 7.53. The number of aliphatic hydroxyl groups excluding tert-OH is 1. The Morgan fingerprint density at radius 3 is 2.61 bits per heavy atom. The number of rotatable bonds is 10. The van der Waals surface area contributed by atoms with E-state index in [0.29, 0.717) is 48.5 Å². The number of fused-ring (bicyclic) bond motifs is 1. The Labute approximate surface area is 247 Å². The second-order valence-electron chi connectivity index (χ2n) is 11.1. The van der Waals surface area contributed by atoms with Crippen LogP contribution in [0.5, 0.6) is 5.75 Å². The number of hydrogen-bond donors (Lipinski definition) is 2. The lowest BCUT2D eigenvalue weighted by Crippen LogP contribution is -2.56. The van der Waals surface area contributed by atoms with Crippen molar-refractivity contribution in [2.45, 2.75) is 90.5 Å². The molecule has 1 saturated heterocycles. The molecule has 3 rings (SSSR count). The molecule has 0 aliphatic carbocycles. The number of ether oxygens (including phenoxy) is 2. The Morgan fingerprint density at radius 1 is 1.29 bits per heavy atom. The standard InChI is InChI=1S/C29H43ClN4O7/c1-7-25(36)31-11-13-33-23-16-22(19(4)15-24(23)41-29(6,10-14-35)27(33)38)26(37)34(18(2)3)21-9-8-12-32(17-21)28(39)40-20(5)30/h15-16,18,20-21,35H,7-14,17H2,1-6H3,(H,31,36)/t20?,21-,29?/m1/s1. The molecular formula is C29H43ClN4O7. The molecule has 2 unspecified atom stereocenters. The van der Waals surface area contributed by atoms with Crippen molar-refractivity contribution < 1.29 is 33.8 Å². The first-order chi connectivity index (χ1) is 19.3. The van der Waals surface area contributed by atoms with E-state index in [1.807, 2.05) is 20.8 Å². The van der Waals surface area contributed by atoms with Gasteiger partial charge in [0.25, 0.3) is 11.8 Å². The van der Waals surface area contributed by atoms with Gasteiger partial charge in [0, 0.05) is 57.2 Å². The zero-order valence-electron chi connectivity index (χ0n) is 24.9. The summed E-state index contributed by atoms with van der Waals surface area (Å²) in [5, 5.41) is 12.4. The molecule has 1 aromatic carbocycles. The van der Waals surface area contributed by atoms with Crippen LogP contribution in [0.2, 0.25) is 0 Å². The largest absolute Gasteiger partial charge is 0.475 e. The fraction of sp³-hybridized carbons (Fsp3) is 0.655. The second-order valence-corrected chi connectivity index (χ2v) is 11.7. The van der Waals surface area contributed by atoms with Crippen LogP contribution in [-0.2, 0) is 14.3 Å². The predicted molar refractivity (Wildman–Crippen MR) is 155 cm³/mol. The van der Waals surface area contributed by atoms with E-state index >= 15 is 0 Å². The lowest BCUT2D eigenvalue weighted by molar-refractivity contribution is -0.135. The van der Waals surface area contributed by atoms with Crippen LogP contribution in [-0.4, -0.2) is 94.8 Å². The quantitative estimate of drug-likeness (QED) is 0.397. The van der Waals surface area contributed by atoms with E-state index < -0.39 is 17.3 Å². The third kappa shape index (κ3) is 7.43. The molecule has 11 nitrogen and oxygen atoms in total. The van der Waals surface area contributed by atoms with Crippen molar-refractivity contribution in [3.8, 4) is 5.75 Å². The van der Waals surface area contributed by atoms with Crippen LogP contribution in [0, 0.1) is 6.92 Å². The number of likely N-dealkylation sites (tertiary alicyclic amines) is 1. The lowest BCUT2D eigenvalue weighted by atomic mass is 9.95.